The van der Waals surface area contributed by atoms with Crippen LogP contribution in [0, 0.1) is 13.8 Å². The van der Waals surface area contributed by atoms with Gasteiger partial charge in [-0.05, 0) is 25.0 Å². The van der Waals surface area contributed by atoms with E-state index >= 15 is 0 Å². The zero-order chi connectivity index (χ0) is 16.2. The van der Waals surface area contributed by atoms with Crippen molar-refractivity contribution in [3.63, 3.8) is 0 Å². The molecule has 2 aromatic carbocycles. The molecule has 0 saturated carbocycles. The fraction of sp³-hybridized carbons (Fsp3) is 0.211. The van der Waals surface area contributed by atoms with E-state index in [2.05, 4.69) is 67.4 Å². The van der Waals surface area contributed by atoms with E-state index in [0.717, 1.165) is 16.1 Å². The lowest BCUT2D eigenvalue weighted by Crippen LogP contribution is -2.10. The van der Waals surface area contributed by atoms with Crippen LogP contribution in [0.5, 0.6) is 0 Å². The van der Waals surface area contributed by atoms with Crippen molar-refractivity contribution in [2.75, 3.05) is 0 Å². The van der Waals surface area contributed by atoms with Gasteiger partial charge >= 0.3 is 0 Å². The molecule has 3 aromatic rings. The highest BCUT2D eigenvalue weighted by Crippen LogP contribution is 2.30. The van der Waals surface area contributed by atoms with Gasteiger partial charge in [0.2, 0.25) is 0 Å². The van der Waals surface area contributed by atoms with Crippen molar-refractivity contribution in [1.82, 2.24) is 4.98 Å². The minimum atomic E-state index is -1.05. The van der Waals surface area contributed by atoms with E-state index in [0.29, 0.717) is 5.75 Å². The normalized spacial score (nSPS) is 12.5. The molecular formula is C19H19NOS2. The third kappa shape index (κ3) is 3.95. The Balaban J connectivity index is 1.97. The molecule has 0 radical (unpaired) electrons. The Bertz CT molecular complexity index is 732. The van der Waals surface area contributed by atoms with Crippen LogP contribution in [-0.4, -0.2) is 9.19 Å². The molecule has 118 valence electrons. The summed E-state index contributed by atoms with van der Waals surface area (Å²) in [6.45, 7) is 4.13. The number of aromatic nitrogens is 1. The molecular weight excluding hydrogens is 322 g/mol. The van der Waals surface area contributed by atoms with Crippen LogP contribution in [0.2, 0.25) is 0 Å². The summed E-state index contributed by atoms with van der Waals surface area (Å²) in [4.78, 5) is 4.28. The standard InChI is InChI=1S/C19H19NOS2/c1-14-3-7-16(8-4-14)19(17-9-5-15(2)6-10-17)23(21)13-18-20-11-12-22-18/h3-12,19H,13H2,1-2H3. The van der Waals surface area contributed by atoms with E-state index in [9.17, 15) is 4.21 Å². The van der Waals surface area contributed by atoms with E-state index in [-0.39, 0.29) is 5.25 Å². The minimum absolute atomic E-state index is 0.125. The molecule has 0 N–H and O–H groups in total. The van der Waals surface area contributed by atoms with Crippen molar-refractivity contribution < 1.29 is 4.21 Å². The van der Waals surface area contributed by atoms with E-state index in [1.165, 1.54) is 11.1 Å². The average molecular weight is 342 g/mol. The van der Waals surface area contributed by atoms with Gasteiger partial charge in [-0.1, -0.05) is 59.7 Å². The first-order valence-electron chi connectivity index (χ1n) is 7.52. The molecule has 1 atom stereocenters. The maximum Gasteiger partial charge on any atom is 0.105 e. The van der Waals surface area contributed by atoms with Gasteiger partial charge in [0.1, 0.15) is 5.01 Å². The highest BCUT2D eigenvalue weighted by molar-refractivity contribution is 7.84. The van der Waals surface area contributed by atoms with Crippen LogP contribution in [-0.2, 0) is 16.6 Å². The number of hydrogen-bond acceptors (Lipinski definition) is 3. The van der Waals surface area contributed by atoms with Gasteiger partial charge in [-0.25, -0.2) is 4.98 Å². The van der Waals surface area contributed by atoms with Crippen LogP contribution in [0.25, 0.3) is 0 Å². The van der Waals surface area contributed by atoms with Crippen LogP contribution in [0.1, 0.15) is 32.5 Å². The third-order valence-corrected chi connectivity index (χ3v) is 6.36. The highest BCUT2D eigenvalue weighted by atomic mass is 32.2. The Labute approximate surface area is 143 Å². The van der Waals surface area contributed by atoms with Crippen LogP contribution < -0.4 is 0 Å². The lowest BCUT2D eigenvalue weighted by atomic mass is 10.0. The van der Waals surface area contributed by atoms with E-state index in [1.807, 2.05) is 5.38 Å². The van der Waals surface area contributed by atoms with Gasteiger partial charge in [-0.3, -0.25) is 4.21 Å². The van der Waals surface area contributed by atoms with Gasteiger partial charge in [-0.2, -0.15) is 0 Å². The Morgan fingerprint density at radius 1 is 0.957 bits per heavy atom. The second-order valence-electron chi connectivity index (χ2n) is 5.65. The SMILES string of the molecule is Cc1ccc(C(c2ccc(C)cc2)S(=O)Cc2nccs2)cc1. The quantitative estimate of drug-likeness (QED) is 0.667. The van der Waals surface area contributed by atoms with Crippen molar-refractivity contribution in [3.8, 4) is 0 Å². The first kappa shape index (κ1) is 16.1. The molecule has 1 unspecified atom stereocenters. The van der Waals surface area contributed by atoms with Gasteiger partial charge in [0.25, 0.3) is 0 Å². The molecule has 4 heteroatoms. The summed E-state index contributed by atoms with van der Waals surface area (Å²) < 4.78 is 13.1. The number of benzene rings is 2. The maximum absolute atomic E-state index is 13.1. The molecule has 0 amide bonds. The van der Waals surface area contributed by atoms with Crippen molar-refractivity contribution in [2.24, 2.45) is 0 Å². The Kier molecular flexibility index (Phi) is 5.03. The van der Waals surface area contributed by atoms with Crippen molar-refractivity contribution in [3.05, 3.63) is 87.4 Å². The first-order chi connectivity index (χ1) is 11.1. The molecule has 1 aromatic heterocycles. The highest BCUT2D eigenvalue weighted by Gasteiger charge is 2.22. The van der Waals surface area contributed by atoms with Gasteiger partial charge in [0.05, 0.1) is 11.0 Å². The average Bonchev–Trinajstić information content (AvgIpc) is 3.04. The molecule has 0 aliphatic heterocycles. The monoisotopic (exact) mass is 341 g/mol. The second-order valence-corrected chi connectivity index (χ2v) is 8.15. The predicted molar refractivity (Wildman–Crippen MR) is 98.2 cm³/mol. The summed E-state index contributed by atoms with van der Waals surface area (Å²) >= 11 is 1.56. The predicted octanol–water partition coefficient (Wildman–Crippen LogP) is 4.80. The van der Waals surface area contributed by atoms with E-state index in [1.54, 1.807) is 17.5 Å². The Morgan fingerprint density at radius 3 is 1.91 bits per heavy atom. The Morgan fingerprint density at radius 2 is 1.48 bits per heavy atom. The van der Waals surface area contributed by atoms with Gasteiger partial charge in [-0.15, -0.1) is 11.3 Å². The van der Waals surface area contributed by atoms with E-state index < -0.39 is 10.8 Å². The van der Waals surface area contributed by atoms with Crippen LogP contribution >= 0.6 is 11.3 Å². The third-order valence-electron chi connectivity index (χ3n) is 3.77. The topological polar surface area (TPSA) is 30.0 Å². The lowest BCUT2D eigenvalue weighted by molar-refractivity contribution is 0.677. The fourth-order valence-electron chi connectivity index (χ4n) is 2.51. The molecule has 0 saturated heterocycles. The summed E-state index contributed by atoms with van der Waals surface area (Å²) in [7, 11) is -1.05. The summed E-state index contributed by atoms with van der Waals surface area (Å²) in [5.74, 6) is 0.490. The van der Waals surface area contributed by atoms with Gasteiger partial charge in [0, 0.05) is 22.4 Å². The summed E-state index contributed by atoms with van der Waals surface area (Å²) in [6, 6.07) is 16.7. The van der Waals surface area contributed by atoms with Crippen molar-refractivity contribution in [2.45, 2.75) is 24.9 Å². The largest absolute Gasteiger partial charge is 0.258 e. The smallest absolute Gasteiger partial charge is 0.105 e. The first-order valence-corrected chi connectivity index (χ1v) is 9.78. The number of nitrogens with zero attached hydrogens (tertiary/aromatic N) is 1. The van der Waals surface area contributed by atoms with Gasteiger partial charge < -0.3 is 0 Å². The minimum Gasteiger partial charge on any atom is -0.258 e. The van der Waals surface area contributed by atoms with Crippen LogP contribution in [0.15, 0.2) is 60.1 Å². The molecule has 1 heterocycles. The van der Waals surface area contributed by atoms with Crippen molar-refractivity contribution in [1.29, 1.82) is 0 Å². The van der Waals surface area contributed by atoms with E-state index in [4.69, 9.17) is 0 Å². The number of aryl methyl sites for hydroxylation is 2. The molecule has 2 nitrogen and oxygen atoms in total. The zero-order valence-corrected chi connectivity index (χ0v) is 14.9. The molecule has 0 aliphatic carbocycles. The number of thiazole rings is 1. The number of hydrogen-bond donors (Lipinski definition) is 0. The Hall–Kier alpha value is -1.78. The maximum atomic E-state index is 13.1. The molecule has 23 heavy (non-hydrogen) atoms. The molecule has 0 spiro atoms. The van der Waals surface area contributed by atoms with Crippen molar-refractivity contribution >= 4 is 22.1 Å². The molecule has 0 bridgehead atoms. The lowest BCUT2D eigenvalue weighted by Gasteiger charge is -2.18. The molecule has 3 rings (SSSR count). The summed E-state index contributed by atoms with van der Waals surface area (Å²) in [6.07, 6.45) is 1.77. The summed E-state index contributed by atoms with van der Waals surface area (Å²) in [5, 5.41) is 2.73. The fourth-order valence-corrected chi connectivity index (χ4v) is 4.93. The zero-order valence-electron chi connectivity index (χ0n) is 13.2. The van der Waals surface area contributed by atoms with Gasteiger partial charge in [0.15, 0.2) is 0 Å². The molecule has 0 fully saturated rings. The van der Waals surface area contributed by atoms with Crippen LogP contribution in [0.3, 0.4) is 0 Å². The summed E-state index contributed by atoms with van der Waals surface area (Å²) in [5.41, 5.74) is 4.60. The second kappa shape index (κ2) is 7.20. The number of rotatable bonds is 5. The molecule has 0 aliphatic rings. The van der Waals surface area contributed by atoms with Crippen LogP contribution in [0.4, 0.5) is 0 Å².